The minimum atomic E-state index is -1.83. The fourth-order valence-electron chi connectivity index (χ4n) is 1.44. The predicted octanol–water partition coefficient (Wildman–Crippen LogP) is -2.49. The van der Waals surface area contributed by atoms with Crippen molar-refractivity contribution in [2.24, 2.45) is 15.7 Å². The maximum atomic E-state index is 11.4. The van der Waals surface area contributed by atoms with E-state index in [1.54, 1.807) is 0 Å². The zero-order chi connectivity index (χ0) is 10.3. The van der Waals surface area contributed by atoms with E-state index >= 15 is 0 Å². The van der Waals surface area contributed by atoms with Gasteiger partial charge in [0.15, 0.2) is 5.84 Å². The van der Waals surface area contributed by atoms with Gasteiger partial charge in [-0.2, -0.15) is 4.99 Å². The molecule has 0 aromatic heterocycles. The fraction of sp³-hybridized carbons (Fsp3) is 0.571. The van der Waals surface area contributed by atoms with Crippen LogP contribution in [-0.2, 0) is 4.79 Å². The summed E-state index contributed by atoms with van der Waals surface area (Å²) >= 11 is 0. The highest BCUT2D eigenvalue weighted by atomic mass is 16.3. The first kappa shape index (κ1) is 9.10. The third kappa shape index (κ3) is 1.17. The number of rotatable bonds is 0. The Morgan fingerprint density at radius 1 is 1.71 bits per heavy atom. The van der Waals surface area contributed by atoms with Crippen LogP contribution in [0.15, 0.2) is 9.98 Å². The summed E-state index contributed by atoms with van der Waals surface area (Å²) in [4.78, 5) is 19.2. The van der Waals surface area contributed by atoms with Gasteiger partial charge in [0, 0.05) is 6.04 Å². The van der Waals surface area contributed by atoms with E-state index < -0.39 is 11.6 Å². The molecule has 7 heteroatoms. The second kappa shape index (κ2) is 2.76. The molecule has 2 atom stereocenters. The van der Waals surface area contributed by atoms with Crippen molar-refractivity contribution in [1.82, 2.24) is 10.6 Å². The molecule has 2 aliphatic heterocycles. The standard InChI is InChI=1S/C7H11N5O2/c1-3-2-9-4-7(14,12-3)5(13)11-6(8)10-4/h3,12,14H,2H2,1H3,(H3,8,9,10,11,13)/t3-,7?/m0/s1. The number of hydrogen-bond donors (Lipinski definition) is 4. The van der Waals surface area contributed by atoms with Gasteiger partial charge in [-0.05, 0) is 6.92 Å². The van der Waals surface area contributed by atoms with Gasteiger partial charge in [0.05, 0.1) is 6.54 Å². The van der Waals surface area contributed by atoms with Crippen LogP contribution in [-0.4, -0.2) is 41.1 Å². The topological polar surface area (TPSA) is 112 Å². The Hall–Kier alpha value is -1.47. The van der Waals surface area contributed by atoms with Crippen molar-refractivity contribution in [3.8, 4) is 0 Å². The summed E-state index contributed by atoms with van der Waals surface area (Å²) in [5.74, 6) is -0.665. The van der Waals surface area contributed by atoms with E-state index in [-0.39, 0.29) is 17.8 Å². The molecule has 0 saturated heterocycles. The number of carbonyl (C=O) groups excluding carboxylic acids is 1. The number of nitrogens with one attached hydrogen (secondary N) is 2. The number of carbonyl (C=O) groups is 1. The molecule has 5 N–H and O–H groups in total. The van der Waals surface area contributed by atoms with Crippen molar-refractivity contribution in [1.29, 1.82) is 0 Å². The smallest absolute Gasteiger partial charge is 0.282 e. The molecule has 1 unspecified atom stereocenters. The Bertz CT molecular complexity index is 350. The minimum Gasteiger partial charge on any atom is -0.369 e. The lowest BCUT2D eigenvalue weighted by atomic mass is 10.1. The molecule has 1 amide bonds. The average molecular weight is 197 g/mol. The van der Waals surface area contributed by atoms with E-state index in [2.05, 4.69) is 20.6 Å². The van der Waals surface area contributed by atoms with Crippen molar-refractivity contribution in [3.63, 3.8) is 0 Å². The molecule has 0 bridgehead atoms. The number of aliphatic imine (C=N–C) groups is 2. The third-order valence-electron chi connectivity index (χ3n) is 2.09. The zero-order valence-electron chi connectivity index (χ0n) is 7.61. The largest absolute Gasteiger partial charge is 0.369 e. The number of hydrogen-bond acceptors (Lipinski definition) is 6. The Morgan fingerprint density at radius 2 is 2.43 bits per heavy atom. The first-order chi connectivity index (χ1) is 6.52. The van der Waals surface area contributed by atoms with Crippen LogP contribution in [0.25, 0.3) is 0 Å². The molecule has 0 aliphatic carbocycles. The normalized spacial score (nSPS) is 36.7. The SMILES string of the molecule is C[C@H]1CN=C2N=C(N)NC(=O)C2(O)N1. The molecule has 2 rings (SSSR count). The lowest BCUT2D eigenvalue weighted by Crippen LogP contribution is -2.70. The number of guanidine groups is 1. The predicted molar refractivity (Wildman–Crippen MR) is 49.6 cm³/mol. The quantitative estimate of drug-likeness (QED) is 0.344. The first-order valence-corrected chi connectivity index (χ1v) is 4.23. The summed E-state index contributed by atoms with van der Waals surface area (Å²) in [5, 5.41) is 14.9. The summed E-state index contributed by atoms with van der Waals surface area (Å²) in [6, 6.07) is -0.0796. The van der Waals surface area contributed by atoms with E-state index in [9.17, 15) is 9.90 Å². The van der Waals surface area contributed by atoms with Crippen molar-refractivity contribution < 1.29 is 9.90 Å². The molecule has 0 spiro atoms. The number of fused-ring (bicyclic) bond motifs is 1. The van der Waals surface area contributed by atoms with E-state index in [1.807, 2.05) is 6.92 Å². The molecule has 76 valence electrons. The van der Waals surface area contributed by atoms with Gasteiger partial charge in [-0.25, -0.2) is 0 Å². The highest BCUT2D eigenvalue weighted by Gasteiger charge is 2.47. The number of aliphatic hydroxyl groups is 1. The van der Waals surface area contributed by atoms with Gasteiger partial charge in [-0.15, -0.1) is 0 Å². The molecule has 0 saturated carbocycles. The van der Waals surface area contributed by atoms with Crippen LogP contribution in [0.5, 0.6) is 0 Å². The van der Waals surface area contributed by atoms with Gasteiger partial charge in [-0.3, -0.25) is 20.4 Å². The molecule has 0 aromatic rings. The van der Waals surface area contributed by atoms with Crippen LogP contribution in [0.4, 0.5) is 0 Å². The van der Waals surface area contributed by atoms with Gasteiger partial charge in [-0.1, -0.05) is 0 Å². The van der Waals surface area contributed by atoms with E-state index in [4.69, 9.17) is 5.73 Å². The highest BCUT2D eigenvalue weighted by molar-refractivity contribution is 6.21. The van der Waals surface area contributed by atoms with Crippen LogP contribution in [0.2, 0.25) is 0 Å². The lowest BCUT2D eigenvalue weighted by Gasteiger charge is -2.35. The Labute approximate surface area is 80.1 Å². The Kier molecular flexibility index (Phi) is 1.79. The van der Waals surface area contributed by atoms with Crippen molar-refractivity contribution in [2.75, 3.05) is 6.54 Å². The molecule has 0 radical (unpaired) electrons. The van der Waals surface area contributed by atoms with Gasteiger partial charge in [0.1, 0.15) is 0 Å². The van der Waals surface area contributed by atoms with Crippen LogP contribution in [0.1, 0.15) is 6.92 Å². The number of amidine groups is 1. The third-order valence-corrected chi connectivity index (χ3v) is 2.09. The maximum Gasteiger partial charge on any atom is 0.282 e. The van der Waals surface area contributed by atoms with Crippen LogP contribution < -0.4 is 16.4 Å². The van der Waals surface area contributed by atoms with Gasteiger partial charge in [0.2, 0.25) is 5.96 Å². The fourth-order valence-corrected chi connectivity index (χ4v) is 1.44. The van der Waals surface area contributed by atoms with Gasteiger partial charge in [0.25, 0.3) is 11.6 Å². The van der Waals surface area contributed by atoms with Crippen molar-refractivity contribution in [2.45, 2.75) is 18.7 Å². The Morgan fingerprint density at radius 3 is 3.14 bits per heavy atom. The lowest BCUT2D eigenvalue weighted by molar-refractivity contribution is -0.135. The van der Waals surface area contributed by atoms with Gasteiger partial charge < -0.3 is 10.8 Å². The number of nitrogens with two attached hydrogens (primary N) is 1. The van der Waals surface area contributed by atoms with Crippen LogP contribution in [0, 0.1) is 0 Å². The minimum absolute atomic E-state index is 0.0249. The molecular formula is C7H11N5O2. The van der Waals surface area contributed by atoms with Crippen LogP contribution >= 0.6 is 0 Å². The zero-order valence-corrected chi connectivity index (χ0v) is 7.61. The molecule has 0 fully saturated rings. The summed E-state index contributed by atoms with van der Waals surface area (Å²) in [5.41, 5.74) is 3.49. The van der Waals surface area contributed by atoms with Crippen molar-refractivity contribution >= 4 is 17.7 Å². The van der Waals surface area contributed by atoms with E-state index in [0.717, 1.165) is 0 Å². The molecule has 7 nitrogen and oxygen atoms in total. The molecule has 2 aliphatic rings. The molecule has 14 heavy (non-hydrogen) atoms. The maximum absolute atomic E-state index is 11.4. The first-order valence-electron chi connectivity index (χ1n) is 4.23. The summed E-state index contributed by atoms with van der Waals surface area (Å²) < 4.78 is 0. The summed E-state index contributed by atoms with van der Waals surface area (Å²) in [7, 11) is 0. The molecule has 0 aromatic carbocycles. The van der Waals surface area contributed by atoms with E-state index in [0.29, 0.717) is 6.54 Å². The second-order valence-electron chi connectivity index (χ2n) is 3.37. The number of amides is 1. The van der Waals surface area contributed by atoms with Crippen molar-refractivity contribution in [3.05, 3.63) is 0 Å². The highest BCUT2D eigenvalue weighted by Crippen LogP contribution is 2.14. The molecule has 2 heterocycles. The average Bonchev–Trinajstić information content (AvgIpc) is 2.08. The monoisotopic (exact) mass is 197 g/mol. The van der Waals surface area contributed by atoms with Crippen LogP contribution in [0.3, 0.4) is 0 Å². The number of nitrogens with zero attached hydrogens (tertiary/aromatic N) is 2. The van der Waals surface area contributed by atoms with Gasteiger partial charge >= 0.3 is 0 Å². The summed E-state index contributed by atoms with van der Waals surface area (Å²) in [6.45, 7) is 2.27. The van der Waals surface area contributed by atoms with E-state index in [1.165, 1.54) is 0 Å². The second-order valence-corrected chi connectivity index (χ2v) is 3.37. The Balaban J connectivity index is 2.45. The molecular weight excluding hydrogens is 186 g/mol. The summed E-state index contributed by atoms with van der Waals surface area (Å²) in [6.07, 6.45) is 0.